The lowest BCUT2D eigenvalue weighted by Gasteiger charge is -2.27. The van der Waals surface area contributed by atoms with Gasteiger partial charge in [0.05, 0.1) is 19.4 Å². The third kappa shape index (κ3) is 5.22. The van der Waals surface area contributed by atoms with Crippen molar-refractivity contribution in [1.29, 1.82) is 0 Å². The van der Waals surface area contributed by atoms with Crippen molar-refractivity contribution in [3.05, 3.63) is 35.8 Å². The van der Waals surface area contributed by atoms with Gasteiger partial charge in [-0.25, -0.2) is 9.67 Å². The Kier molecular flexibility index (Phi) is 7.26. The van der Waals surface area contributed by atoms with Gasteiger partial charge in [0, 0.05) is 25.4 Å². The Labute approximate surface area is 176 Å². The van der Waals surface area contributed by atoms with Gasteiger partial charge in [-0.1, -0.05) is 13.8 Å². The van der Waals surface area contributed by atoms with Crippen LogP contribution in [-0.4, -0.2) is 45.5 Å². The number of halogens is 1. The van der Waals surface area contributed by atoms with E-state index in [1.807, 2.05) is 4.68 Å². The van der Waals surface area contributed by atoms with E-state index in [1.165, 1.54) is 0 Å². The Bertz CT molecular complexity index is 754. The zero-order valence-electron chi connectivity index (χ0n) is 16.3. The zero-order valence-corrected chi connectivity index (χ0v) is 18.6. The molecule has 3 N–H and O–H groups in total. The van der Waals surface area contributed by atoms with E-state index in [4.69, 9.17) is 4.42 Å². The zero-order chi connectivity index (χ0) is 18.7. The molecule has 0 saturated carbocycles. The van der Waals surface area contributed by atoms with E-state index in [0.29, 0.717) is 24.2 Å². The molecule has 2 aromatic rings. The number of nitrogens with one attached hydrogen (secondary N) is 2. The molecular formula is C18H29IN6O2. The molecule has 8 nitrogen and oxygen atoms in total. The smallest absolute Gasteiger partial charge is 0.191 e. The molecule has 0 spiro atoms. The van der Waals surface area contributed by atoms with Gasteiger partial charge in [-0.15, -0.1) is 24.0 Å². The maximum atomic E-state index is 10.5. The van der Waals surface area contributed by atoms with Crippen LogP contribution in [0.1, 0.15) is 50.5 Å². The standard InChI is InChI=1S/C18H28N6O2.HI/c1-12(2)16-22-15-8-7-13(10-24(15)23-16)21-17(19-4)20-11-18(3,25)14-6-5-9-26-14;/h5-6,9,12-13,25H,7-8,10-11H2,1-4H3,(H2,19,20,21);1H. The van der Waals surface area contributed by atoms with Crippen molar-refractivity contribution in [3.8, 4) is 0 Å². The summed E-state index contributed by atoms with van der Waals surface area (Å²) in [5.74, 6) is 3.45. The van der Waals surface area contributed by atoms with E-state index in [1.54, 1.807) is 32.4 Å². The predicted octanol–water partition coefficient (Wildman–Crippen LogP) is 2.00. The second kappa shape index (κ2) is 9.05. The Hall–Kier alpha value is -1.62. The monoisotopic (exact) mass is 488 g/mol. The number of nitrogens with zero attached hydrogens (tertiary/aromatic N) is 4. The van der Waals surface area contributed by atoms with Crippen LogP contribution in [-0.2, 0) is 18.6 Å². The Morgan fingerprint density at radius 2 is 2.30 bits per heavy atom. The van der Waals surface area contributed by atoms with E-state index in [0.717, 1.165) is 31.0 Å². The van der Waals surface area contributed by atoms with Crippen LogP contribution in [0.4, 0.5) is 0 Å². The fourth-order valence-corrected chi connectivity index (χ4v) is 3.01. The number of hydrogen-bond donors (Lipinski definition) is 3. The summed E-state index contributed by atoms with van der Waals surface area (Å²) in [5, 5.41) is 21.7. The normalized spacial score (nSPS) is 19.2. The van der Waals surface area contributed by atoms with E-state index in [2.05, 4.69) is 39.6 Å². The highest BCUT2D eigenvalue weighted by Gasteiger charge is 2.27. The number of guanidine groups is 1. The lowest BCUT2D eigenvalue weighted by atomic mass is 10.0. The Morgan fingerprint density at radius 3 is 2.93 bits per heavy atom. The molecule has 150 valence electrons. The topological polar surface area (TPSA) is 100 Å². The summed E-state index contributed by atoms with van der Waals surface area (Å²) < 4.78 is 7.29. The average molecular weight is 488 g/mol. The van der Waals surface area contributed by atoms with Crippen LogP contribution in [0.15, 0.2) is 27.8 Å². The summed E-state index contributed by atoms with van der Waals surface area (Å²) in [7, 11) is 1.72. The molecule has 0 aliphatic carbocycles. The number of hydrogen-bond acceptors (Lipinski definition) is 5. The lowest BCUT2D eigenvalue weighted by molar-refractivity contribution is 0.0385. The van der Waals surface area contributed by atoms with Gasteiger partial charge >= 0.3 is 0 Å². The van der Waals surface area contributed by atoms with Crippen molar-refractivity contribution >= 4 is 29.9 Å². The van der Waals surface area contributed by atoms with E-state index >= 15 is 0 Å². The van der Waals surface area contributed by atoms with Gasteiger partial charge in [-0.3, -0.25) is 4.99 Å². The molecule has 3 rings (SSSR count). The lowest BCUT2D eigenvalue weighted by Crippen LogP contribution is -2.50. The number of aliphatic imine (C=N–C) groups is 1. The van der Waals surface area contributed by atoms with Gasteiger partial charge < -0.3 is 20.2 Å². The SMILES string of the molecule is CN=C(NCC(C)(O)c1ccco1)NC1CCc2nc(C(C)C)nn2C1.I. The first-order chi connectivity index (χ1) is 12.4. The van der Waals surface area contributed by atoms with Gasteiger partial charge in [-0.2, -0.15) is 5.10 Å². The highest BCUT2D eigenvalue weighted by Crippen LogP contribution is 2.20. The molecule has 1 aliphatic rings. The summed E-state index contributed by atoms with van der Waals surface area (Å²) in [5.41, 5.74) is -1.11. The number of furan rings is 1. The fourth-order valence-electron chi connectivity index (χ4n) is 3.01. The first-order valence-corrected chi connectivity index (χ1v) is 9.06. The number of aliphatic hydroxyl groups is 1. The molecule has 0 aromatic carbocycles. The predicted molar refractivity (Wildman–Crippen MR) is 114 cm³/mol. The molecule has 3 heterocycles. The minimum Gasteiger partial charge on any atom is -0.466 e. The molecule has 2 atom stereocenters. The average Bonchev–Trinajstić information content (AvgIpc) is 3.27. The highest BCUT2D eigenvalue weighted by atomic mass is 127. The van der Waals surface area contributed by atoms with Crippen LogP contribution in [0.5, 0.6) is 0 Å². The summed E-state index contributed by atoms with van der Waals surface area (Å²) >= 11 is 0. The van der Waals surface area contributed by atoms with E-state index in [9.17, 15) is 5.11 Å². The van der Waals surface area contributed by atoms with Crippen LogP contribution >= 0.6 is 24.0 Å². The van der Waals surface area contributed by atoms with E-state index in [-0.39, 0.29) is 30.0 Å². The number of fused-ring (bicyclic) bond motifs is 1. The molecule has 0 radical (unpaired) electrons. The Balaban J connectivity index is 0.00000261. The summed E-state index contributed by atoms with van der Waals surface area (Å²) in [6.07, 6.45) is 3.41. The van der Waals surface area contributed by atoms with Gasteiger partial charge in [0.25, 0.3) is 0 Å². The molecule has 9 heteroatoms. The van der Waals surface area contributed by atoms with Crippen LogP contribution in [0.3, 0.4) is 0 Å². The molecule has 0 amide bonds. The van der Waals surface area contributed by atoms with Crippen LogP contribution in [0.2, 0.25) is 0 Å². The summed E-state index contributed by atoms with van der Waals surface area (Å²) in [4.78, 5) is 8.88. The number of rotatable bonds is 5. The molecule has 0 bridgehead atoms. The van der Waals surface area contributed by atoms with Crippen molar-refractivity contribution in [2.24, 2.45) is 4.99 Å². The first kappa shape index (κ1) is 21.7. The minimum atomic E-state index is -1.11. The largest absolute Gasteiger partial charge is 0.466 e. The van der Waals surface area contributed by atoms with Crippen molar-refractivity contribution in [3.63, 3.8) is 0 Å². The summed E-state index contributed by atoms with van der Waals surface area (Å²) in [6.45, 7) is 6.96. The van der Waals surface area contributed by atoms with Gasteiger partial charge in [0.2, 0.25) is 0 Å². The third-order valence-corrected chi connectivity index (χ3v) is 4.61. The molecular weight excluding hydrogens is 459 g/mol. The van der Waals surface area contributed by atoms with Crippen molar-refractivity contribution in [2.45, 2.75) is 57.7 Å². The maximum Gasteiger partial charge on any atom is 0.191 e. The second-order valence-electron chi connectivity index (χ2n) is 7.28. The molecule has 2 unspecified atom stereocenters. The first-order valence-electron chi connectivity index (χ1n) is 9.06. The summed E-state index contributed by atoms with van der Waals surface area (Å²) in [6, 6.07) is 3.74. The van der Waals surface area contributed by atoms with E-state index < -0.39 is 5.60 Å². The quantitative estimate of drug-likeness (QED) is 0.338. The molecule has 2 aromatic heterocycles. The molecule has 27 heavy (non-hydrogen) atoms. The fraction of sp³-hybridized carbons (Fsp3) is 0.611. The molecule has 1 aliphatic heterocycles. The Morgan fingerprint density at radius 1 is 1.52 bits per heavy atom. The van der Waals surface area contributed by atoms with Crippen LogP contribution < -0.4 is 10.6 Å². The minimum absolute atomic E-state index is 0. The maximum absolute atomic E-state index is 10.5. The van der Waals surface area contributed by atoms with Crippen molar-refractivity contribution in [1.82, 2.24) is 25.4 Å². The van der Waals surface area contributed by atoms with Gasteiger partial charge in [-0.05, 0) is 25.5 Å². The van der Waals surface area contributed by atoms with Crippen LogP contribution in [0, 0.1) is 0 Å². The highest BCUT2D eigenvalue weighted by molar-refractivity contribution is 14.0. The van der Waals surface area contributed by atoms with Crippen LogP contribution in [0.25, 0.3) is 0 Å². The van der Waals surface area contributed by atoms with Gasteiger partial charge in [0.1, 0.15) is 17.2 Å². The van der Waals surface area contributed by atoms with Crippen molar-refractivity contribution in [2.75, 3.05) is 13.6 Å². The number of aromatic nitrogens is 3. The second-order valence-corrected chi connectivity index (χ2v) is 7.28. The molecule has 0 fully saturated rings. The number of aryl methyl sites for hydroxylation is 1. The van der Waals surface area contributed by atoms with Gasteiger partial charge in [0.15, 0.2) is 11.8 Å². The third-order valence-electron chi connectivity index (χ3n) is 4.61. The molecule has 0 saturated heterocycles. The van der Waals surface area contributed by atoms with Crippen molar-refractivity contribution < 1.29 is 9.52 Å².